The fourth-order valence-corrected chi connectivity index (χ4v) is 1.94. The minimum absolute atomic E-state index is 0.182. The molecule has 2 saturated heterocycles. The molecule has 0 spiro atoms. The molecular weight excluding hydrogens is 200 g/mol. The van der Waals surface area contributed by atoms with Crippen molar-refractivity contribution in [2.24, 2.45) is 5.92 Å². The van der Waals surface area contributed by atoms with Crippen LogP contribution in [0, 0.1) is 5.92 Å². The van der Waals surface area contributed by atoms with Crippen molar-refractivity contribution in [3.8, 4) is 0 Å². The van der Waals surface area contributed by atoms with Gasteiger partial charge in [0.25, 0.3) is 0 Å². The van der Waals surface area contributed by atoms with Crippen molar-refractivity contribution in [3.63, 3.8) is 0 Å². The van der Waals surface area contributed by atoms with Crippen LogP contribution in [0.1, 0.15) is 6.42 Å². The lowest BCUT2D eigenvalue weighted by atomic mass is 9.97. The van der Waals surface area contributed by atoms with Crippen LogP contribution in [-0.2, 0) is 14.4 Å². The molecule has 2 fully saturated rings. The number of likely N-dealkylation sites (tertiary alicyclic amines) is 2. The summed E-state index contributed by atoms with van der Waals surface area (Å²) in [5, 5.41) is 8.67. The van der Waals surface area contributed by atoms with Gasteiger partial charge >= 0.3 is 5.97 Å². The number of hydrogen-bond donors (Lipinski definition) is 1. The summed E-state index contributed by atoms with van der Waals surface area (Å²) < 4.78 is 0. The number of likely N-dealkylation sites (N-methyl/N-ethyl adjacent to an activating group) is 1. The van der Waals surface area contributed by atoms with Crippen LogP contribution in [0.4, 0.5) is 0 Å². The summed E-state index contributed by atoms with van der Waals surface area (Å²) in [6, 6.07) is -0.432. The fraction of sp³-hybridized carbons (Fsp3) is 0.667. The lowest BCUT2D eigenvalue weighted by Crippen LogP contribution is -2.56. The Morgan fingerprint density at radius 1 is 1.40 bits per heavy atom. The highest BCUT2D eigenvalue weighted by molar-refractivity contribution is 6.05. The van der Waals surface area contributed by atoms with E-state index in [4.69, 9.17) is 5.11 Å². The Labute approximate surface area is 86.4 Å². The van der Waals surface area contributed by atoms with Crippen molar-refractivity contribution in [3.05, 3.63) is 0 Å². The molecule has 1 unspecified atom stereocenters. The van der Waals surface area contributed by atoms with Crippen molar-refractivity contribution < 1.29 is 19.5 Å². The summed E-state index contributed by atoms with van der Waals surface area (Å²) in [6.45, 7) is 0.736. The molecule has 2 heterocycles. The quantitative estimate of drug-likeness (QED) is 0.579. The first-order chi connectivity index (χ1) is 7.00. The van der Waals surface area contributed by atoms with Crippen LogP contribution in [0.2, 0.25) is 0 Å². The Morgan fingerprint density at radius 2 is 2.00 bits per heavy atom. The molecule has 6 nitrogen and oxygen atoms in total. The van der Waals surface area contributed by atoms with Gasteiger partial charge in [-0.05, 0) is 0 Å². The predicted octanol–water partition coefficient (Wildman–Crippen LogP) is -1.24. The normalized spacial score (nSPS) is 28.3. The summed E-state index contributed by atoms with van der Waals surface area (Å²) in [7, 11) is 1.46. The van der Waals surface area contributed by atoms with Gasteiger partial charge in [-0.2, -0.15) is 0 Å². The largest absolute Gasteiger partial charge is 0.481 e. The third kappa shape index (κ3) is 1.50. The fourth-order valence-electron chi connectivity index (χ4n) is 1.94. The van der Waals surface area contributed by atoms with E-state index in [1.165, 1.54) is 7.05 Å². The van der Waals surface area contributed by atoms with Gasteiger partial charge in [0.2, 0.25) is 11.8 Å². The van der Waals surface area contributed by atoms with Crippen LogP contribution >= 0.6 is 0 Å². The molecule has 2 aliphatic heterocycles. The van der Waals surface area contributed by atoms with E-state index in [1.54, 1.807) is 4.90 Å². The average Bonchev–Trinajstić information content (AvgIpc) is 2.31. The predicted molar refractivity (Wildman–Crippen MR) is 48.9 cm³/mol. The van der Waals surface area contributed by atoms with Crippen molar-refractivity contribution >= 4 is 17.8 Å². The molecule has 0 aromatic carbocycles. The molecule has 2 aliphatic rings. The summed E-state index contributed by atoms with van der Waals surface area (Å²) in [6.07, 6.45) is 0.182. The van der Waals surface area contributed by atoms with Crippen LogP contribution in [0.15, 0.2) is 0 Å². The van der Waals surface area contributed by atoms with Crippen LogP contribution in [0.3, 0.4) is 0 Å². The number of nitrogens with zero attached hydrogens (tertiary/aromatic N) is 2. The van der Waals surface area contributed by atoms with E-state index in [1.807, 2.05) is 0 Å². The number of aliphatic carboxylic acids is 1. The van der Waals surface area contributed by atoms with E-state index in [0.29, 0.717) is 13.1 Å². The number of rotatable bonds is 2. The summed E-state index contributed by atoms with van der Waals surface area (Å²) >= 11 is 0. The Kier molecular flexibility index (Phi) is 2.22. The number of hydrogen-bond acceptors (Lipinski definition) is 4. The SMILES string of the molecule is CN1C(=O)CC(N2CC(C(=O)O)C2)C1=O. The standard InChI is InChI=1S/C9H12N2O4/c1-10-7(12)2-6(8(10)13)11-3-5(4-11)9(14)15/h5-6H,2-4H2,1H3,(H,14,15). The van der Waals surface area contributed by atoms with Crippen molar-refractivity contribution in [1.82, 2.24) is 9.80 Å². The maximum absolute atomic E-state index is 11.5. The van der Waals surface area contributed by atoms with Crippen LogP contribution < -0.4 is 0 Å². The zero-order chi connectivity index (χ0) is 11.2. The minimum atomic E-state index is -0.837. The molecule has 0 aromatic heterocycles. The Hall–Kier alpha value is -1.43. The first kappa shape index (κ1) is 10.1. The van der Waals surface area contributed by atoms with Crippen molar-refractivity contribution in [2.75, 3.05) is 20.1 Å². The minimum Gasteiger partial charge on any atom is -0.481 e. The highest BCUT2D eigenvalue weighted by atomic mass is 16.4. The van der Waals surface area contributed by atoms with E-state index in [-0.39, 0.29) is 24.2 Å². The molecular formula is C9H12N2O4. The number of carbonyl (C=O) groups excluding carboxylic acids is 2. The lowest BCUT2D eigenvalue weighted by Gasteiger charge is -2.39. The van der Waals surface area contributed by atoms with Gasteiger partial charge in [0.15, 0.2) is 0 Å². The Morgan fingerprint density at radius 3 is 2.40 bits per heavy atom. The second kappa shape index (κ2) is 3.30. The van der Waals surface area contributed by atoms with E-state index in [0.717, 1.165) is 4.90 Å². The third-order valence-electron chi connectivity index (χ3n) is 3.06. The zero-order valence-corrected chi connectivity index (χ0v) is 8.34. The van der Waals surface area contributed by atoms with Crippen LogP contribution in [-0.4, -0.2) is 58.9 Å². The number of carboxylic acid groups (broad SMARTS) is 1. The molecule has 0 bridgehead atoms. The molecule has 2 rings (SSSR count). The number of carboxylic acids is 1. The monoisotopic (exact) mass is 212 g/mol. The van der Waals surface area contributed by atoms with Crippen LogP contribution in [0.5, 0.6) is 0 Å². The Balaban J connectivity index is 1.95. The topological polar surface area (TPSA) is 77.9 Å². The number of amides is 2. The smallest absolute Gasteiger partial charge is 0.309 e. The maximum atomic E-state index is 11.5. The van der Waals surface area contributed by atoms with E-state index in [9.17, 15) is 14.4 Å². The second-order valence-electron chi connectivity index (χ2n) is 4.00. The molecule has 0 saturated carbocycles. The molecule has 0 radical (unpaired) electrons. The molecule has 1 atom stereocenters. The number of carbonyl (C=O) groups is 3. The van der Waals surface area contributed by atoms with Crippen molar-refractivity contribution in [2.45, 2.75) is 12.5 Å². The molecule has 82 valence electrons. The van der Waals surface area contributed by atoms with Gasteiger partial charge in [-0.1, -0.05) is 0 Å². The van der Waals surface area contributed by atoms with Gasteiger partial charge in [0.05, 0.1) is 18.4 Å². The molecule has 2 amide bonds. The number of imide groups is 1. The van der Waals surface area contributed by atoms with Gasteiger partial charge in [-0.15, -0.1) is 0 Å². The zero-order valence-electron chi connectivity index (χ0n) is 8.34. The third-order valence-corrected chi connectivity index (χ3v) is 3.06. The van der Waals surface area contributed by atoms with Gasteiger partial charge in [0.1, 0.15) is 0 Å². The maximum Gasteiger partial charge on any atom is 0.309 e. The highest BCUT2D eigenvalue weighted by Crippen LogP contribution is 2.25. The van der Waals surface area contributed by atoms with E-state index < -0.39 is 12.0 Å². The lowest BCUT2D eigenvalue weighted by molar-refractivity contribution is -0.151. The van der Waals surface area contributed by atoms with Gasteiger partial charge in [-0.25, -0.2) is 0 Å². The van der Waals surface area contributed by atoms with Gasteiger partial charge in [-0.3, -0.25) is 24.2 Å². The Bertz CT molecular complexity index is 335. The molecule has 0 aromatic rings. The van der Waals surface area contributed by atoms with Crippen molar-refractivity contribution in [1.29, 1.82) is 0 Å². The molecule has 15 heavy (non-hydrogen) atoms. The average molecular weight is 212 g/mol. The molecule has 0 aliphatic carbocycles. The first-order valence-electron chi connectivity index (χ1n) is 4.78. The first-order valence-corrected chi connectivity index (χ1v) is 4.78. The van der Waals surface area contributed by atoms with Gasteiger partial charge < -0.3 is 5.11 Å². The molecule has 1 N–H and O–H groups in total. The summed E-state index contributed by atoms with van der Waals surface area (Å²) in [5.74, 6) is -1.64. The molecule has 6 heteroatoms. The summed E-state index contributed by atoms with van der Waals surface area (Å²) in [5.41, 5.74) is 0. The second-order valence-corrected chi connectivity index (χ2v) is 4.00. The van der Waals surface area contributed by atoms with E-state index in [2.05, 4.69) is 0 Å². The van der Waals surface area contributed by atoms with E-state index >= 15 is 0 Å². The van der Waals surface area contributed by atoms with Crippen LogP contribution in [0.25, 0.3) is 0 Å². The van der Waals surface area contributed by atoms with Gasteiger partial charge in [0, 0.05) is 20.1 Å². The highest BCUT2D eigenvalue weighted by Gasteiger charge is 2.45. The summed E-state index contributed by atoms with van der Waals surface area (Å²) in [4.78, 5) is 36.2.